The van der Waals surface area contributed by atoms with E-state index in [4.69, 9.17) is 4.74 Å². The third kappa shape index (κ3) is 3.35. The van der Waals surface area contributed by atoms with Crippen molar-refractivity contribution < 1.29 is 9.53 Å². The van der Waals surface area contributed by atoms with Gasteiger partial charge in [-0.2, -0.15) is 0 Å². The molecule has 0 saturated heterocycles. The molecule has 104 valence electrons. The molecule has 3 heteroatoms. The van der Waals surface area contributed by atoms with Crippen molar-refractivity contribution in [2.45, 2.75) is 44.7 Å². The molecule has 1 aromatic rings. The van der Waals surface area contributed by atoms with E-state index < -0.39 is 0 Å². The number of ether oxygens (including phenoxy) is 1. The predicted molar refractivity (Wildman–Crippen MR) is 75.8 cm³/mol. The van der Waals surface area contributed by atoms with Crippen LogP contribution in [0.15, 0.2) is 30.3 Å². The van der Waals surface area contributed by atoms with E-state index in [2.05, 4.69) is 12.2 Å². The summed E-state index contributed by atoms with van der Waals surface area (Å²) >= 11 is 0. The fraction of sp³-hybridized carbons (Fsp3) is 0.562. The van der Waals surface area contributed by atoms with Crippen LogP contribution in [0, 0.1) is 5.92 Å². The van der Waals surface area contributed by atoms with Crippen LogP contribution in [0.25, 0.3) is 0 Å². The van der Waals surface area contributed by atoms with E-state index in [1.165, 1.54) is 26.4 Å². The zero-order chi connectivity index (χ0) is 13.7. The minimum Gasteiger partial charge on any atom is -0.468 e. The Labute approximate surface area is 115 Å². The molecule has 1 aliphatic carbocycles. The van der Waals surface area contributed by atoms with Gasteiger partial charge in [0, 0.05) is 6.04 Å². The van der Waals surface area contributed by atoms with Gasteiger partial charge in [-0.15, -0.1) is 0 Å². The molecule has 1 aromatic carbocycles. The normalized spacial score (nSPS) is 24.1. The first-order valence-electron chi connectivity index (χ1n) is 7.15. The van der Waals surface area contributed by atoms with Crippen LogP contribution in [0.5, 0.6) is 0 Å². The van der Waals surface area contributed by atoms with E-state index in [9.17, 15) is 4.79 Å². The van der Waals surface area contributed by atoms with E-state index in [0.29, 0.717) is 12.0 Å². The number of hydrogen-bond donors (Lipinski definition) is 1. The Morgan fingerprint density at radius 1 is 1.37 bits per heavy atom. The molecule has 0 bridgehead atoms. The minimum absolute atomic E-state index is 0.201. The molecule has 0 aliphatic heterocycles. The molecule has 0 radical (unpaired) electrons. The number of esters is 1. The molecule has 3 atom stereocenters. The highest BCUT2D eigenvalue weighted by molar-refractivity contribution is 5.77. The zero-order valence-electron chi connectivity index (χ0n) is 11.8. The summed E-state index contributed by atoms with van der Waals surface area (Å²) in [6.07, 6.45) is 4.83. The average molecular weight is 261 g/mol. The Morgan fingerprint density at radius 2 is 2.11 bits per heavy atom. The van der Waals surface area contributed by atoms with Crippen molar-refractivity contribution in [3.63, 3.8) is 0 Å². The first kappa shape index (κ1) is 14.1. The van der Waals surface area contributed by atoms with Gasteiger partial charge in [-0.3, -0.25) is 5.32 Å². The number of nitrogens with one attached hydrogen (secondary N) is 1. The average Bonchev–Trinajstić information content (AvgIpc) is 2.92. The molecule has 1 fully saturated rings. The van der Waals surface area contributed by atoms with E-state index in [1.54, 1.807) is 0 Å². The van der Waals surface area contributed by atoms with Gasteiger partial charge in [0.2, 0.25) is 0 Å². The summed E-state index contributed by atoms with van der Waals surface area (Å²) in [7, 11) is 1.45. The van der Waals surface area contributed by atoms with E-state index in [-0.39, 0.29) is 12.0 Å². The second-order valence-electron chi connectivity index (χ2n) is 5.24. The van der Waals surface area contributed by atoms with E-state index in [1.807, 2.05) is 30.3 Å². The Morgan fingerprint density at radius 3 is 2.74 bits per heavy atom. The van der Waals surface area contributed by atoms with Crippen LogP contribution in [-0.4, -0.2) is 19.1 Å². The van der Waals surface area contributed by atoms with E-state index >= 15 is 0 Å². The number of hydrogen-bond acceptors (Lipinski definition) is 3. The van der Waals surface area contributed by atoms with Crippen LogP contribution in [0.3, 0.4) is 0 Å². The molecule has 1 saturated carbocycles. The van der Waals surface area contributed by atoms with Gasteiger partial charge in [0.15, 0.2) is 0 Å². The molecule has 0 amide bonds. The topological polar surface area (TPSA) is 38.3 Å². The maximum Gasteiger partial charge on any atom is 0.327 e. The Hall–Kier alpha value is -1.35. The van der Waals surface area contributed by atoms with Gasteiger partial charge in [-0.05, 0) is 24.3 Å². The van der Waals surface area contributed by atoms with Crippen LogP contribution in [-0.2, 0) is 9.53 Å². The van der Waals surface area contributed by atoms with Crippen LogP contribution in [0.1, 0.15) is 44.2 Å². The Kier molecular flexibility index (Phi) is 4.97. The van der Waals surface area contributed by atoms with Crippen LogP contribution in [0.2, 0.25) is 0 Å². The van der Waals surface area contributed by atoms with Crippen molar-refractivity contribution in [1.29, 1.82) is 0 Å². The molecule has 1 N–H and O–H groups in total. The number of carbonyl (C=O) groups is 1. The molecule has 0 aromatic heterocycles. The maximum absolute atomic E-state index is 12.0. The summed E-state index contributed by atoms with van der Waals surface area (Å²) in [5.41, 5.74) is 0.983. The predicted octanol–water partition coefficient (Wildman–Crippen LogP) is 3.07. The number of carbonyl (C=O) groups excluding carboxylic acids is 1. The van der Waals surface area contributed by atoms with Crippen molar-refractivity contribution in [2.24, 2.45) is 5.92 Å². The smallest absolute Gasteiger partial charge is 0.327 e. The number of methoxy groups -OCH3 is 1. The summed E-state index contributed by atoms with van der Waals surface area (Å²) in [6, 6.07) is 9.91. The molecule has 2 rings (SSSR count). The number of rotatable bonds is 5. The van der Waals surface area contributed by atoms with Crippen LogP contribution < -0.4 is 5.32 Å². The van der Waals surface area contributed by atoms with Gasteiger partial charge in [0.25, 0.3) is 0 Å². The van der Waals surface area contributed by atoms with Gasteiger partial charge in [0.1, 0.15) is 6.04 Å². The molecule has 0 spiro atoms. The van der Waals surface area contributed by atoms with Gasteiger partial charge in [0.05, 0.1) is 7.11 Å². The Balaban J connectivity index is 2.13. The lowest BCUT2D eigenvalue weighted by Gasteiger charge is -2.25. The number of benzene rings is 1. The van der Waals surface area contributed by atoms with Crippen LogP contribution >= 0.6 is 0 Å². The lowest BCUT2D eigenvalue weighted by Crippen LogP contribution is -2.39. The fourth-order valence-corrected chi connectivity index (χ4v) is 3.02. The molecule has 19 heavy (non-hydrogen) atoms. The molecule has 1 aliphatic rings. The summed E-state index contributed by atoms with van der Waals surface area (Å²) in [6.45, 7) is 2.22. The SMILES string of the molecule is CCC1CCCC1NC(C(=O)OC)c1ccccc1. The van der Waals surface area contributed by atoms with E-state index in [0.717, 1.165) is 12.0 Å². The first-order valence-corrected chi connectivity index (χ1v) is 7.15. The lowest BCUT2D eigenvalue weighted by atomic mass is 9.98. The molecule has 3 unspecified atom stereocenters. The molecule has 0 heterocycles. The highest BCUT2D eigenvalue weighted by Crippen LogP contribution is 2.30. The quantitative estimate of drug-likeness (QED) is 0.828. The third-order valence-electron chi connectivity index (χ3n) is 4.13. The second-order valence-corrected chi connectivity index (χ2v) is 5.24. The standard InChI is InChI=1S/C16H23NO2/c1-3-12-10-7-11-14(12)17-15(16(18)19-2)13-8-5-4-6-9-13/h4-6,8-9,12,14-15,17H,3,7,10-11H2,1-2H3. The van der Waals surface area contributed by atoms with Crippen molar-refractivity contribution in [3.8, 4) is 0 Å². The molecular weight excluding hydrogens is 238 g/mol. The van der Waals surface area contributed by atoms with Gasteiger partial charge >= 0.3 is 5.97 Å². The third-order valence-corrected chi connectivity index (χ3v) is 4.13. The Bertz CT molecular complexity index is 404. The summed E-state index contributed by atoms with van der Waals surface area (Å²) in [5, 5.41) is 3.51. The summed E-state index contributed by atoms with van der Waals surface area (Å²) in [5.74, 6) is 0.476. The highest BCUT2D eigenvalue weighted by Gasteiger charge is 2.31. The maximum atomic E-state index is 12.0. The van der Waals surface area contributed by atoms with Gasteiger partial charge in [-0.25, -0.2) is 4.79 Å². The van der Waals surface area contributed by atoms with Crippen molar-refractivity contribution in [1.82, 2.24) is 5.32 Å². The minimum atomic E-state index is -0.344. The van der Waals surface area contributed by atoms with Crippen molar-refractivity contribution in [3.05, 3.63) is 35.9 Å². The van der Waals surface area contributed by atoms with Crippen molar-refractivity contribution in [2.75, 3.05) is 7.11 Å². The van der Waals surface area contributed by atoms with Gasteiger partial charge < -0.3 is 4.74 Å². The summed E-state index contributed by atoms with van der Waals surface area (Å²) in [4.78, 5) is 12.0. The van der Waals surface area contributed by atoms with Crippen molar-refractivity contribution >= 4 is 5.97 Å². The summed E-state index contributed by atoms with van der Waals surface area (Å²) < 4.78 is 4.94. The van der Waals surface area contributed by atoms with Crippen LogP contribution in [0.4, 0.5) is 0 Å². The highest BCUT2D eigenvalue weighted by atomic mass is 16.5. The molecule has 3 nitrogen and oxygen atoms in total. The largest absolute Gasteiger partial charge is 0.468 e. The second kappa shape index (κ2) is 6.71. The first-order chi connectivity index (χ1) is 9.26. The molecular formula is C16H23NO2. The fourth-order valence-electron chi connectivity index (χ4n) is 3.02. The monoisotopic (exact) mass is 261 g/mol. The lowest BCUT2D eigenvalue weighted by molar-refractivity contribution is -0.143. The zero-order valence-corrected chi connectivity index (χ0v) is 11.8. The van der Waals surface area contributed by atoms with Gasteiger partial charge in [-0.1, -0.05) is 50.1 Å².